The summed E-state index contributed by atoms with van der Waals surface area (Å²) in [6.07, 6.45) is 0.548. The maximum absolute atomic E-state index is 12.1. The number of carbonyl (C=O) groups excluding carboxylic acids is 2. The van der Waals surface area contributed by atoms with Gasteiger partial charge in [0.15, 0.2) is 0 Å². The summed E-state index contributed by atoms with van der Waals surface area (Å²) in [6, 6.07) is 13.3. The first-order valence-electron chi connectivity index (χ1n) is 7.04. The third-order valence-corrected chi connectivity index (χ3v) is 3.51. The van der Waals surface area contributed by atoms with Crippen LogP contribution in [0.2, 0.25) is 0 Å². The normalized spacial score (nSPS) is 13.4. The number of rotatable bonds is 5. The molecular weight excluding hydrogens is 282 g/mol. The van der Waals surface area contributed by atoms with Crippen LogP contribution in [0, 0.1) is 0 Å². The van der Waals surface area contributed by atoms with Crippen LogP contribution in [-0.2, 0) is 0 Å². The lowest BCUT2D eigenvalue weighted by molar-refractivity contribution is 0.0646. The van der Waals surface area contributed by atoms with E-state index >= 15 is 0 Å². The van der Waals surface area contributed by atoms with Gasteiger partial charge in [0.25, 0.3) is 11.8 Å². The first-order valence-corrected chi connectivity index (χ1v) is 7.04. The van der Waals surface area contributed by atoms with Crippen molar-refractivity contribution in [2.24, 2.45) is 0 Å². The summed E-state index contributed by atoms with van der Waals surface area (Å²) in [6.45, 7) is 0.711. The van der Waals surface area contributed by atoms with E-state index in [0.717, 1.165) is 0 Å². The van der Waals surface area contributed by atoms with E-state index in [2.05, 4.69) is 0 Å². The maximum atomic E-state index is 12.1. The Bertz CT molecular complexity index is 674. The molecule has 5 nitrogen and oxygen atoms in total. The van der Waals surface area contributed by atoms with E-state index in [1.54, 1.807) is 48.5 Å². The molecule has 0 spiro atoms. The average molecular weight is 297 g/mol. The second-order valence-electron chi connectivity index (χ2n) is 5.00. The zero-order valence-electron chi connectivity index (χ0n) is 11.9. The molecule has 112 valence electrons. The molecular formula is C17H15NO4. The largest absolute Gasteiger partial charge is 0.508 e. The zero-order valence-corrected chi connectivity index (χ0v) is 11.9. The third kappa shape index (κ3) is 2.65. The van der Waals surface area contributed by atoms with Crippen LogP contribution in [0.25, 0.3) is 0 Å². The standard InChI is InChI=1S/C17H15NO4/c19-12-6-8-13(9-7-12)22-11-3-10-18-16(20)14-4-1-2-5-15(14)17(18)21/h1-2,4-9,19H,3,10-11H2. The van der Waals surface area contributed by atoms with Crippen molar-refractivity contribution in [3.8, 4) is 11.5 Å². The van der Waals surface area contributed by atoms with E-state index in [4.69, 9.17) is 4.74 Å². The van der Waals surface area contributed by atoms with Gasteiger partial charge in [-0.3, -0.25) is 14.5 Å². The van der Waals surface area contributed by atoms with Crippen molar-refractivity contribution in [2.45, 2.75) is 6.42 Å². The predicted octanol–water partition coefficient (Wildman–Crippen LogP) is 2.46. The summed E-state index contributed by atoms with van der Waals surface area (Å²) in [4.78, 5) is 25.5. The lowest BCUT2D eigenvalue weighted by Gasteiger charge is -2.14. The van der Waals surface area contributed by atoms with Crippen molar-refractivity contribution < 1.29 is 19.4 Å². The summed E-state index contributed by atoms with van der Waals surface area (Å²) in [5, 5.41) is 9.18. The number of nitrogens with zero attached hydrogens (tertiary/aromatic N) is 1. The van der Waals surface area contributed by atoms with Gasteiger partial charge >= 0.3 is 0 Å². The molecule has 0 aromatic heterocycles. The number of hydrogen-bond acceptors (Lipinski definition) is 4. The van der Waals surface area contributed by atoms with E-state index in [9.17, 15) is 14.7 Å². The van der Waals surface area contributed by atoms with Crippen LogP contribution in [0.4, 0.5) is 0 Å². The Balaban J connectivity index is 1.54. The van der Waals surface area contributed by atoms with E-state index in [1.807, 2.05) is 0 Å². The smallest absolute Gasteiger partial charge is 0.261 e. The second-order valence-corrected chi connectivity index (χ2v) is 5.00. The molecule has 2 amide bonds. The molecule has 2 aromatic carbocycles. The van der Waals surface area contributed by atoms with Crippen LogP contribution in [-0.4, -0.2) is 35.0 Å². The molecule has 0 fully saturated rings. The number of ether oxygens (including phenoxy) is 1. The van der Waals surface area contributed by atoms with Crippen molar-refractivity contribution in [1.82, 2.24) is 4.90 Å². The van der Waals surface area contributed by atoms with Crippen molar-refractivity contribution in [3.63, 3.8) is 0 Å². The Morgan fingerprint density at radius 1 is 0.909 bits per heavy atom. The fourth-order valence-electron chi connectivity index (χ4n) is 2.40. The Hall–Kier alpha value is -2.82. The highest BCUT2D eigenvalue weighted by Crippen LogP contribution is 2.22. The van der Waals surface area contributed by atoms with Gasteiger partial charge in [0.2, 0.25) is 0 Å². The first kappa shape index (κ1) is 14.1. The quantitative estimate of drug-likeness (QED) is 0.680. The topological polar surface area (TPSA) is 66.8 Å². The average Bonchev–Trinajstić information content (AvgIpc) is 2.78. The van der Waals surface area contributed by atoms with E-state index in [-0.39, 0.29) is 17.6 Å². The third-order valence-electron chi connectivity index (χ3n) is 3.51. The number of phenols is 1. The summed E-state index contributed by atoms with van der Waals surface area (Å²) >= 11 is 0. The molecule has 22 heavy (non-hydrogen) atoms. The number of imide groups is 1. The van der Waals surface area contributed by atoms with Gasteiger partial charge in [-0.05, 0) is 42.8 Å². The van der Waals surface area contributed by atoms with Crippen molar-refractivity contribution in [2.75, 3.05) is 13.2 Å². The van der Waals surface area contributed by atoms with Crippen molar-refractivity contribution in [3.05, 3.63) is 59.7 Å². The van der Waals surface area contributed by atoms with E-state index in [1.165, 1.54) is 4.90 Å². The molecule has 0 saturated carbocycles. The van der Waals surface area contributed by atoms with Crippen LogP contribution in [0.5, 0.6) is 11.5 Å². The van der Waals surface area contributed by atoms with Gasteiger partial charge in [-0.1, -0.05) is 12.1 Å². The van der Waals surface area contributed by atoms with Gasteiger partial charge in [0.05, 0.1) is 17.7 Å². The van der Waals surface area contributed by atoms with Crippen molar-refractivity contribution >= 4 is 11.8 Å². The monoisotopic (exact) mass is 297 g/mol. The van der Waals surface area contributed by atoms with Gasteiger partial charge in [0.1, 0.15) is 11.5 Å². The van der Waals surface area contributed by atoms with Crippen LogP contribution >= 0.6 is 0 Å². The number of fused-ring (bicyclic) bond motifs is 1. The summed E-state index contributed by atoms with van der Waals surface area (Å²) in [5.74, 6) is 0.328. The molecule has 3 rings (SSSR count). The minimum Gasteiger partial charge on any atom is -0.508 e. The highest BCUT2D eigenvalue weighted by Gasteiger charge is 2.34. The number of carbonyl (C=O) groups is 2. The Morgan fingerprint density at radius 3 is 2.09 bits per heavy atom. The van der Waals surface area contributed by atoms with Gasteiger partial charge in [-0.2, -0.15) is 0 Å². The number of amides is 2. The lowest BCUT2D eigenvalue weighted by atomic mass is 10.1. The van der Waals surface area contributed by atoms with Gasteiger partial charge in [0, 0.05) is 6.54 Å². The van der Waals surface area contributed by atoms with E-state index < -0.39 is 0 Å². The fraction of sp³-hybridized carbons (Fsp3) is 0.176. The molecule has 0 atom stereocenters. The Morgan fingerprint density at radius 2 is 1.50 bits per heavy atom. The highest BCUT2D eigenvalue weighted by atomic mass is 16.5. The summed E-state index contributed by atoms with van der Waals surface area (Å²) < 4.78 is 5.51. The molecule has 0 bridgehead atoms. The van der Waals surface area contributed by atoms with Crippen LogP contribution in [0.3, 0.4) is 0 Å². The number of phenolic OH excluding ortho intramolecular Hbond substituents is 1. The second kappa shape index (κ2) is 5.89. The van der Waals surface area contributed by atoms with Crippen molar-refractivity contribution in [1.29, 1.82) is 0 Å². The van der Waals surface area contributed by atoms with Gasteiger partial charge < -0.3 is 9.84 Å². The minimum atomic E-state index is -0.245. The number of benzene rings is 2. The van der Waals surface area contributed by atoms with Gasteiger partial charge in [-0.15, -0.1) is 0 Å². The summed E-state index contributed by atoms with van der Waals surface area (Å²) in [7, 11) is 0. The Labute approximate surface area is 127 Å². The Kier molecular flexibility index (Phi) is 3.78. The molecule has 0 radical (unpaired) electrons. The molecule has 0 unspecified atom stereocenters. The molecule has 5 heteroatoms. The van der Waals surface area contributed by atoms with E-state index in [0.29, 0.717) is 36.4 Å². The minimum absolute atomic E-state index is 0.179. The summed E-state index contributed by atoms with van der Waals surface area (Å²) in [5.41, 5.74) is 0.930. The predicted molar refractivity (Wildman–Crippen MR) is 80.0 cm³/mol. The molecule has 1 N–H and O–H groups in total. The maximum Gasteiger partial charge on any atom is 0.261 e. The van der Waals surface area contributed by atoms with Crippen LogP contribution in [0.15, 0.2) is 48.5 Å². The molecule has 1 aliphatic heterocycles. The van der Waals surface area contributed by atoms with Gasteiger partial charge in [-0.25, -0.2) is 0 Å². The van der Waals surface area contributed by atoms with Crippen LogP contribution < -0.4 is 4.74 Å². The zero-order chi connectivity index (χ0) is 15.5. The molecule has 1 aliphatic rings. The SMILES string of the molecule is O=C1c2ccccc2C(=O)N1CCCOc1ccc(O)cc1. The number of hydrogen-bond donors (Lipinski definition) is 1. The molecule has 1 heterocycles. The highest BCUT2D eigenvalue weighted by molar-refractivity contribution is 6.21. The molecule has 0 saturated heterocycles. The molecule has 2 aromatic rings. The van der Waals surface area contributed by atoms with Crippen LogP contribution in [0.1, 0.15) is 27.1 Å². The first-order chi connectivity index (χ1) is 10.7. The molecule has 0 aliphatic carbocycles. The lowest BCUT2D eigenvalue weighted by Crippen LogP contribution is -2.31. The fourth-order valence-corrected chi connectivity index (χ4v) is 2.40. The number of aromatic hydroxyl groups is 1.